The standard InChI is InChI=1S/C21H19N5O2/c1-12-4-3-5-16(24-12)18-19(14-6-8-22-17(10-14)25-13(2)28)26-20-15(11-27)7-9-23-21(18)20/h3-10,26-27H,11H2,1-2H3,(H,22,25,28). The van der Waals surface area contributed by atoms with Crippen LogP contribution in [0, 0.1) is 6.92 Å². The van der Waals surface area contributed by atoms with Gasteiger partial charge in [-0.1, -0.05) is 6.07 Å². The van der Waals surface area contributed by atoms with Gasteiger partial charge in [-0.05, 0) is 37.3 Å². The number of pyridine rings is 3. The lowest BCUT2D eigenvalue weighted by atomic mass is 10.0. The summed E-state index contributed by atoms with van der Waals surface area (Å²) in [5.41, 5.74) is 6.39. The van der Waals surface area contributed by atoms with Crippen LogP contribution in [0.25, 0.3) is 33.5 Å². The van der Waals surface area contributed by atoms with E-state index in [1.165, 1.54) is 6.92 Å². The first-order chi connectivity index (χ1) is 13.6. The van der Waals surface area contributed by atoms with Gasteiger partial charge in [-0.15, -0.1) is 0 Å². The Morgan fingerprint density at radius 3 is 2.75 bits per heavy atom. The van der Waals surface area contributed by atoms with Crippen molar-refractivity contribution in [2.24, 2.45) is 0 Å². The topological polar surface area (TPSA) is 104 Å². The fourth-order valence-electron chi connectivity index (χ4n) is 3.25. The Bertz CT molecular complexity index is 1180. The van der Waals surface area contributed by atoms with Gasteiger partial charge < -0.3 is 15.4 Å². The van der Waals surface area contributed by atoms with E-state index in [0.717, 1.165) is 44.8 Å². The summed E-state index contributed by atoms with van der Waals surface area (Å²) in [4.78, 5) is 28.2. The molecule has 4 rings (SSSR count). The highest BCUT2D eigenvalue weighted by molar-refractivity contribution is 6.02. The van der Waals surface area contributed by atoms with Gasteiger partial charge in [0.25, 0.3) is 0 Å². The Morgan fingerprint density at radius 1 is 1.18 bits per heavy atom. The van der Waals surface area contributed by atoms with Crippen molar-refractivity contribution in [1.29, 1.82) is 0 Å². The van der Waals surface area contributed by atoms with Crippen molar-refractivity contribution in [3.8, 4) is 22.5 Å². The molecule has 28 heavy (non-hydrogen) atoms. The molecule has 0 radical (unpaired) electrons. The number of aliphatic hydroxyl groups excluding tert-OH is 1. The highest BCUT2D eigenvalue weighted by Crippen LogP contribution is 2.38. The molecule has 0 saturated heterocycles. The number of hydrogen-bond acceptors (Lipinski definition) is 5. The van der Waals surface area contributed by atoms with Crippen LogP contribution in [0.5, 0.6) is 0 Å². The van der Waals surface area contributed by atoms with Gasteiger partial charge in [0.2, 0.25) is 5.91 Å². The lowest BCUT2D eigenvalue weighted by Gasteiger charge is -2.07. The number of rotatable bonds is 4. The third-order valence-corrected chi connectivity index (χ3v) is 4.44. The first-order valence-corrected chi connectivity index (χ1v) is 8.85. The van der Waals surface area contributed by atoms with E-state index in [4.69, 9.17) is 0 Å². The molecule has 140 valence electrons. The van der Waals surface area contributed by atoms with Crippen LogP contribution >= 0.6 is 0 Å². The molecule has 0 aromatic carbocycles. The van der Waals surface area contributed by atoms with Crippen LogP contribution in [0.1, 0.15) is 18.2 Å². The predicted molar refractivity (Wildman–Crippen MR) is 108 cm³/mol. The summed E-state index contributed by atoms with van der Waals surface area (Å²) in [5.74, 6) is 0.272. The van der Waals surface area contributed by atoms with Crippen LogP contribution in [0.4, 0.5) is 5.82 Å². The van der Waals surface area contributed by atoms with Gasteiger partial charge in [-0.2, -0.15) is 0 Å². The molecule has 0 bridgehead atoms. The van der Waals surface area contributed by atoms with Crippen molar-refractivity contribution >= 4 is 22.8 Å². The summed E-state index contributed by atoms with van der Waals surface area (Å²) in [6.45, 7) is 3.27. The zero-order chi connectivity index (χ0) is 19.7. The number of carbonyl (C=O) groups excluding carboxylic acids is 1. The molecule has 0 fully saturated rings. The van der Waals surface area contributed by atoms with Gasteiger partial charge in [0, 0.05) is 36.1 Å². The molecule has 0 saturated carbocycles. The van der Waals surface area contributed by atoms with Crippen molar-refractivity contribution in [3.05, 3.63) is 60.0 Å². The molecule has 3 N–H and O–H groups in total. The van der Waals surface area contributed by atoms with Crippen molar-refractivity contribution in [3.63, 3.8) is 0 Å². The van der Waals surface area contributed by atoms with E-state index >= 15 is 0 Å². The molecule has 4 heterocycles. The molecule has 0 aliphatic heterocycles. The Balaban J connectivity index is 2.00. The number of nitrogens with zero attached hydrogens (tertiary/aromatic N) is 3. The third kappa shape index (κ3) is 3.23. The number of aromatic amines is 1. The van der Waals surface area contributed by atoms with Crippen molar-refractivity contribution in [2.45, 2.75) is 20.5 Å². The molecule has 0 spiro atoms. The smallest absolute Gasteiger partial charge is 0.222 e. The van der Waals surface area contributed by atoms with Gasteiger partial charge in [-0.3, -0.25) is 14.8 Å². The quantitative estimate of drug-likeness (QED) is 0.508. The van der Waals surface area contributed by atoms with E-state index < -0.39 is 0 Å². The van der Waals surface area contributed by atoms with E-state index in [9.17, 15) is 9.90 Å². The summed E-state index contributed by atoms with van der Waals surface area (Å²) in [6, 6.07) is 11.3. The van der Waals surface area contributed by atoms with Crippen molar-refractivity contribution in [1.82, 2.24) is 19.9 Å². The first-order valence-electron chi connectivity index (χ1n) is 8.85. The zero-order valence-corrected chi connectivity index (χ0v) is 15.5. The number of aliphatic hydroxyl groups is 1. The summed E-state index contributed by atoms with van der Waals surface area (Å²) in [6.07, 6.45) is 3.32. The minimum Gasteiger partial charge on any atom is -0.392 e. The molecule has 4 aromatic heterocycles. The molecule has 0 atom stereocenters. The van der Waals surface area contributed by atoms with E-state index in [0.29, 0.717) is 5.82 Å². The number of hydrogen-bond donors (Lipinski definition) is 3. The molecule has 0 aliphatic carbocycles. The molecular formula is C21H19N5O2. The molecule has 4 aromatic rings. The fourth-order valence-corrected chi connectivity index (χ4v) is 3.25. The maximum absolute atomic E-state index is 11.4. The fraction of sp³-hybridized carbons (Fsp3) is 0.143. The van der Waals surface area contributed by atoms with E-state index in [2.05, 4.69) is 25.3 Å². The number of nitrogens with one attached hydrogen (secondary N) is 2. The van der Waals surface area contributed by atoms with Gasteiger partial charge >= 0.3 is 0 Å². The van der Waals surface area contributed by atoms with Crippen LogP contribution in [-0.2, 0) is 11.4 Å². The molecule has 1 amide bonds. The van der Waals surface area contributed by atoms with Gasteiger partial charge in [0.15, 0.2) is 0 Å². The number of H-pyrrole nitrogens is 1. The van der Waals surface area contributed by atoms with Crippen LogP contribution < -0.4 is 5.32 Å². The van der Waals surface area contributed by atoms with Crippen molar-refractivity contribution in [2.75, 3.05) is 5.32 Å². The molecular weight excluding hydrogens is 354 g/mol. The normalized spacial score (nSPS) is 11.0. The Labute approximate surface area is 161 Å². The van der Waals surface area contributed by atoms with Gasteiger partial charge in [0.05, 0.1) is 34.6 Å². The monoisotopic (exact) mass is 373 g/mol. The number of amides is 1. The lowest BCUT2D eigenvalue weighted by molar-refractivity contribution is -0.114. The summed E-state index contributed by atoms with van der Waals surface area (Å²) in [7, 11) is 0. The largest absolute Gasteiger partial charge is 0.392 e. The second-order valence-electron chi connectivity index (χ2n) is 6.50. The summed E-state index contributed by atoms with van der Waals surface area (Å²) < 4.78 is 0. The second kappa shape index (κ2) is 7.21. The van der Waals surface area contributed by atoms with Gasteiger partial charge in [-0.25, -0.2) is 4.98 Å². The number of carbonyl (C=O) groups is 1. The van der Waals surface area contributed by atoms with Crippen LogP contribution in [0.15, 0.2) is 48.8 Å². The number of anilines is 1. The number of fused-ring (bicyclic) bond motifs is 1. The highest BCUT2D eigenvalue weighted by Gasteiger charge is 2.19. The lowest BCUT2D eigenvalue weighted by Crippen LogP contribution is -2.07. The average molecular weight is 373 g/mol. The number of aryl methyl sites for hydroxylation is 1. The SMILES string of the molecule is CC(=O)Nc1cc(-c2[nH]c3c(CO)ccnc3c2-c2cccc(C)n2)ccn1. The zero-order valence-electron chi connectivity index (χ0n) is 15.5. The number of aromatic nitrogens is 4. The van der Waals surface area contributed by atoms with Crippen LogP contribution in [-0.4, -0.2) is 30.9 Å². The Hall–Kier alpha value is -3.58. The summed E-state index contributed by atoms with van der Waals surface area (Å²) >= 11 is 0. The van der Waals surface area contributed by atoms with Crippen molar-refractivity contribution < 1.29 is 9.90 Å². The maximum atomic E-state index is 11.4. The minimum absolute atomic E-state index is 0.104. The third-order valence-electron chi connectivity index (χ3n) is 4.44. The Kier molecular flexibility index (Phi) is 4.58. The van der Waals surface area contributed by atoms with Crippen LogP contribution in [0.3, 0.4) is 0 Å². The average Bonchev–Trinajstić information content (AvgIpc) is 3.07. The maximum Gasteiger partial charge on any atom is 0.222 e. The summed E-state index contributed by atoms with van der Waals surface area (Å²) in [5, 5.41) is 12.4. The van der Waals surface area contributed by atoms with E-state index in [-0.39, 0.29) is 12.5 Å². The van der Waals surface area contributed by atoms with Gasteiger partial charge in [0.1, 0.15) is 5.82 Å². The molecule has 0 aliphatic rings. The minimum atomic E-state index is -0.189. The second-order valence-corrected chi connectivity index (χ2v) is 6.50. The molecule has 7 heteroatoms. The predicted octanol–water partition coefficient (Wildman–Crippen LogP) is 3.45. The highest BCUT2D eigenvalue weighted by atomic mass is 16.3. The first kappa shape index (κ1) is 17.8. The van der Waals surface area contributed by atoms with E-state index in [1.54, 1.807) is 24.5 Å². The molecule has 0 unspecified atom stereocenters. The Morgan fingerprint density at radius 2 is 2.00 bits per heavy atom. The molecule has 7 nitrogen and oxygen atoms in total. The van der Waals surface area contributed by atoms with E-state index in [1.807, 2.05) is 31.2 Å². The van der Waals surface area contributed by atoms with Crippen LogP contribution in [0.2, 0.25) is 0 Å².